The number of fused-ring (bicyclic) bond motifs is 1. The van der Waals surface area contributed by atoms with Crippen molar-refractivity contribution < 1.29 is 17.2 Å². The van der Waals surface area contributed by atoms with Gasteiger partial charge < -0.3 is 9.88 Å². The number of aryl methyl sites for hydroxylation is 1. The Morgan fingerprint density at radius 3 is 2.53 bits per heavy atom. The third-order valence-electron chi connectivity index (χ3n) is 5.37. The molecule has 1 aliphatic heterocycles. The van der Waals surface area contributed by atoms with E-state index in [0.29, 0.717) is 31.7 Å². The molecule has 0 radical (unpaired) electrons. The van der Waals surface area contributed by atoms with Crippen LogP contribution in [-0.4, -0.2) is 26.5 Å². The topological polar surface area (TPSA) is 65.2 Å². The average Bonchev–Trinajstić information content (AvgIpc) is 3.10. The maximum Gasteiger partial charge on any atom is 0.240 e. The number of hydrogen-bond acceptors (Lipinski definition) is 3. The molecular formula is C22H23F2N3O2S. The molecule has 0 saturated heterocycles. The first-order valence-electron chi connectivity index (χ1n) is 9.80. The molecule has 3 aromatic rings. The number of H-pyrrole nitrogens is 1. The molecule has 0 atom stereocenters. The van der Waals surface area contributed by atoms with E-state index in [0.717, 1.165) is 22.5 Å². The van der Waals surface area contributed by atoms with Crippen LogP contribution in [0, 0.1) is 18.6 Å². The van der Waals surface area contributed by atoms with Crippen molar-refractivity contribution in [3.05, 3.63) is 70.9 Å². The largest absolute Gasteiger partial charge is 0.367 e. The highest BCUT2D eigenvalue weighted by Crippen LogP contribution is 2.32. The van der Waals surface area contributed by atoms with Crippen molar-refractivity contribution in [3.8, 4) is 11.3 Å². The minimum atomic E-state index is -3.51. The van der Waals surface area contributed by atoms with Crippen LogP contribution in [0.1, 0.15) is 23.7 Å². The predicted octanol–water partition coefficient (Wildman–Crippen LogP) is 4.13. The number of anilines is 1. The fraction of sp³-hybridized carbons (Fsp3) is 0.273. The summed E-state index contributed by atoms with van der Waals surface area (Å²) in [5.74, 6) is -1.20. The third-order valence-corrected chi connectivity index (χ3v) is 6.91. The third kappa shape index (κ3) is 3.73. The second-order valence-corrected chi connectivity index (χ2v) is 9.17. The molecule has 5 nitrogen and oxygen atoms in total. The van der Waals surface area contributed by atoms with E-state index >= 15 is 0 Å². The first kappa shape index (κ1) is 20.6. The molecule has 0 fully saturated rings. The zero-order chi connectivity index (χ0) is 21.5. The predicted molar refractivity (Wildman–Crippen MR) is 113 cm³/mol. The van der Waals surface area contributed by atoms with Gasteiger partial charge in [0, 0.05) is 37.4 Å². The molecule has 1 aliphatic rings. The van der Waals surface area contributed by atoms with Crippen molar-refractivity contribution in [2.45, 2.75) is 31.7 Å². The number of rotatable bonds is 5. The van der Waals surface area contributed by atoms with Gasteiger partial charge in [-0.05, 0) is 54.4 Å². The number of hydrogen-bond donors (Lipinski definition) is 2. The molecule has 0 unspecified atom stereocenters. The van der Waals surface area contributed by atoms with E-state index in [9.17, 15) is 17.2 Å². The lowest BCUT2D eigenvalue weighted by atomic mass is 10.0. The SMILES string of the molecule is CCNS(=O)(=O)c1ccc(N2CCc3[nH]c(-c4c(F)cccc4F)cc3C2)c(C)c1. The molecule has 2 heterocycles. The van der Waals surface area contributed by atoms with Gasteiger partial charge in [-0.2, -0.15) is 0 Å². The Morgan fingerprint density at radius 2 is 1.87 bits per heavy atom. The number of nitrogens with zero attached hydrogens (tertiary/aromatic N) is 1. The number of aromatic nitrogens is 1. The van der Waals surface area contributed by atoms with E-state index < -0.39 is 21.7 Å². The van der Waals surface area contributed by atoms with E-state index in [2.05, 4.69) is 14.6 Å². The van der Waals surface area contributed by atoms with Crippen molar-refractivity contribution in [2.24, 2.45) is 0 Å². The molecule has 30 heavy (non-hydrogen) atoms. The molecular weight excluding hydrogens is 408 g/mol. The summed E-state index contributed by atoms with van der Waals surface area (Å²) in [5, 5.41) is 0. The summed E-state index contributed by atoms with van der Waals surface area (Å²) in [7, 11) is -3.51. The van der Waals surface area contributed by atoms with Gasteiger partial charge in [-0.15, -0.1) is 0 Å². The van der Waals surface area contributed by atoms with Gasteiger partial charge in [0.1, 0.15) is 11.6 Å². The molecule has 0 spiro atoms. The van der Waals surface area contributed by atoms with Crippen LogP contribution in [0.4, 0.5) is 14.5 Å². The molecule has 0 aliphatic carbocycles. The van der Waals surface area contributed by atoms with Crippen LogP contribution < -0.4 is 9.62 Å². The van der Waals surface area contributed by atoms with Crippen molar-refractivity contribution in [3.63, 3.8) is 0 Å². The summed E-state index contributed by atoms with van der Waals surface area (Å²) in [6.45, 7) is 5.24. The van der Waals surface area contributed by atoms with Gasteiger partial charge >= 0.3 is 0 Å². The lowest BCUT2D eigenvalue weighted by Crippen LogP contribution is -2.30. The average molecular weight is 432 g/mol. The van der Waals surface area contributed by atoms with Crippen molar-refractivity contribution in [1.29, 1.82) is 0 Å². The van der Waals surface area contributed by atoms with Gasteiger partial charge in [0.25, 0.3) is 0 Å². The molecule has 0 bridgehead atoms. The smallest absolute Gasteiger partial charge is 0.240 e. The van der Waals surface area contributed by atoms with Crippen LogP contribution in [0.15, 0.2) is 47.4 Å². The van der Waals surface area contributed by atoms with Gasteiger partial charge in [-0.3, -0.25) is 0 Å². The molecule has 2 aromatic carbocycles. The summed E-state index contributed by atoms with van der Waals surface area (Å²) in [4.78, 5) is 5.55. The Morgan fingerprint density at radius 1 is 1.13 bits per heavy atom. The normalized spacial score (nSPS) is 14.1. The first-order valence-corrected chi connectivity index (χ1v) is 11.3. The highest BCUT2D eigenvalue weighted by atomic mass is 32.2. The van der Waals surface area contributed by atoms with Gasteiger partial charge in [0.05, 0.1) is 16.2 Å². The van der Waals surface area contributed by atoms with Gasteiger partial charge in [0.15, 0.2) is 0 Å². The highest BCUT2D eigenvalue weighted by Gasteiger charge is 2.23. The van der Waals surface area contributed by atoms with Crippen LogP contribution in [0.25, 0.3) is 11.3 Å². The van der Waals surface area contributed by atoms with E-state index in [1.54, 1.807) is 25.1 Å². The fourth-order valence-electron chi connectivity index (χ4n) is 3.95. The zero-order valence-electron chi connectivity index (χ0n) is 16.8. The standard InChI is InChI=1S/C22H23F2N3O2S/c1-3-25-30(28,29)16-7-8-21(14(2)11-16)27-10-9-19-15(13-27)12-20(26-19)22-17(23)5-4-6-18(22)24/h4-8,11-12,25-26H,3,9-10,13H2,1-2H3. The van der Waals surface area contributed by atoms with Crippen molar-refractivity contribution >= 4 is 15.7 Å². The molecule has 4 rings (SSSR count). The maximum absolute atomic E-state index is 14.2. The summed E-state index contributed by atoms with van der Waals surface area (Å²) >= 11 is 0. The zero-order valence-corrected chi connectivity index (χ0v) is 17.6. The van der Waals surface area contributed by atoms with Crippen LogP contribution >= 0.6 is 0 Å². The minimum absolute atomic E-state index is 0.0485. The van der Waals surface area contributed by atoms with E-state index in [1.165, 1.54) is 18.2 Å². The number of benzene rings is 2. The van der Waals surface area contributed by atoms with Crippen molar-refractivity contribution in [1.82, 2.24) is 9.71 Å². The molecule has 2 N–H and O–H groups in total. The molecule has 0 saturated carbocycles. The Balaban J connectivity index is 1.62. The summed E-state index contributed by atoms with van der Waals surface area (Å²) in [6.07, 6.45) is 0.697. The number of halogens is 2. The Kier molecular flexibility index (Phi) is 5.38. The quantitative estimate of drug-likeness (QED) is 0.639. The van der Waals surface area contributed by atoms with Crippen molar-refractivity contribution in [2.75, 3.05) is 18.0 Å². The van der Waals surface area contributed by atoms with Gasteiger partial charge in [0.2, 0.25) is 10.0 Å². The first-order chi connectivity index (χ1) is 14.3. The number of aromatic amines is 1. The molecule has 158 valence electrons. The van der Waals surface area contributed by atoms with Crippen LogP contribution in [-0.2, 0) is 23.0 Å². The maximum atomic E-state index is 14.2. The Labute approximate surface area is 174 Å². The molecule has 1 aromatic heterocycles. The summed E-state index contributed by atoms with van der Waals surface area (Å²) in [5.41, 5.74) is 4.12. The second-order valence-electron chi connectivity index (χ2n) is 7.40. The summed E-state index contributed by atoms with van der Waals surface area (Å²) in [6, 6.07) is 10.7. The lowest BCUT2D eigenvalue weighted by Gasteiger charge is -2.30. The van der Waals surface area contributed by atoms with Crippen LogP contribution in [0.5, 0.6) is 0 Å². The highest BCUT2D eigenvalue weighted by molar-refractivity contribution is 7.89. The van der Waals surface area contributed by atoms with E-state index in [4.69, 9.17) is 0 Å². The van der Waals surface area contributed by atoms with E-state index in [1.807, 2.05) is 13.0 Å². The van der Waals surface area contributed by atoms with Crippen LogP contribution in [0.3, 0.4) is 0 Å². The van der Waals surface area contributed by atoms with Gasteiger partial charge in [-0.25, -0.2) is 21.9 Å². The minimum Gasteiger partial charge on any atom is -0.367 e. The lowest BCUT2D eigenvalue weighted by molar-refractivity contribution is 0.583. The molecule has 8 heteroatoms. The monoisotopic (exact) mass is 431 g/mol. The Bertz CT molecular complexity index is 1180. The van der Waals surface area contributed by atoms with Crippen LogP contribution in [0.2, 0.25) is 0 Å². The number of nitrogens with one attached hydrogen (secondary N) is 2. The van der Waals surface area contributed by atoms with Gasteiger partial charge in [-0.1, -0.05) is 13.0 Å². The Hall–Kier alpha value is -2.71. The number of sulfonamides is 1. The fourth-order valence-corrected chi connectivity index (χ4v) is 5.08. The molecule has 0 amide bonds. The summed E-state index contributed by atoms with van der Waals surface area (Å²) < 4.78 is 55.3. The van der Waals surface area contributed by atoms with E-state index in [-0.39, 0.29) is 10.5 Å². The second kappa shape index (κ2) is 7.85.